The van der Waals surface area contributed by atoms with Crippen molar-refractivity contribution >= 4 is 35.0 Å². The number of hydrogen-bond donors (Lipinski definition) is 1. The van der Waals surface area contributed by atoms with Gasteiger partial charge in [0.25, 0.3) is 0 Å². The molecule has 0 aliphatic heterocycles. The van der Waals surface area contributed by atoms with E-state index in [1.165, 1.54) is 11.0 Å². The lowest BCUT2D eigenvalue weighted by Gasteiger charge is -2.31. The largest absolute Gasteiger partial charge is 0.354 e. The number of hydrogen-bond acceptors (Lipinski definition) is 2. The summed E-state index contributed by atoms with van der Waals surface area (Å²) < 4.78 is 14.1. The lowest BCUT2D eigenvalue weighted by molar-refractivity contribution is -0.141. The van der Waals surface area contributed by atoms with E-state index in [2.05, 4.69) is 5.32 Å². The summed E-state index contributed by atoms with van der Waals surface area (Å²) in [4.78, 5) is 27.5. The van der Waals surface area contributed by atoms with Crippen LogP contribution in [-0.2, 0) is 22.6 Å². The number of nitrogens with one attached hydrogen (secondary N) is 1. The Morgan fingerprint density at radius 2 is 1.73 bits per heavy atom. The monoisotopic (exact) mass is 452 g/mol. The second-order valence-corrected chi connectivity index (χ2v) is 7.87. The highest BCUT2D eigenvalue weighted by atomic mass is 35.5. The van der Waals surface area contributed by atoms with Crippen molar-refractivity contribution in [2.24, 2.45) is 0 Å². The van der Waals surface area contributed by atoms with E-state index >= 15 is 0 Å². The number of benzene rings is 2. The lowest BCUT2D eigenvalue weighted by atomic mass is 10.1. The topological polar surface area (TPSA) is 49.4 Å². The Kier molecular flexibility index (Phi) is 9.60. The van der Waals surface area contributed by atoms with Crippen molar-refractivity contribution in [3.8, 4) is 0 Å². The first-order valence-electron chi connectivity index (χ1n) is 10.1. The standard InChI is InChI=1S/C23H27Cl2FN2O2/c1-3-5-13-27-23(30)21(4-2)28(15-17-18(24)10-8-11-19(17)25)22(29)14-16-9-6-7-12-20(16)26/h6-12,21H,3-5,13-15H2,1-2H3,(H,27,30). The van der Waals surface area contributed by atoms with Gasteiger partial charge in [-0.25, -0.2) is 4.39 Å². The first-order valence-corrected chi connectivity index (χ1v) is 10.9. The van der Waals surface area contributed by atoms with Crippen LogP contribution < -0.4 is 5.32 Å². The minimum absolute atomic E-state index is 0.0610. The molecule has 0 radical (unpaired) electrons. The van der Waals surface area contributed by atoms with E-state index in [0.717, 1.165) is 12.8 Å². The highest BCUT2D eigenvalue weighted by molar-refractivity contribution is 6.36. The first-order chi connectivity index (χ1) is 14.4. The first kappa shape index (κ1) is 24.2. The minimum atomic E-state index is -0.714. The second-order valence-electron chi connectivity index (χ2n) is 7.06. The number of amides is 2. The van der Waals surface area contributed by atoms with Crippen LogP contribution in [0.2, 0.25) is 10.0 Å². The van der Waals surface area contributed by atoms with Crippen LogP contribution in [-0.4, -0.2) is 29.3 Å². The van der Waals surface area contributed by atoms with Crippen LogP contribution in [0.25, 0.3) is 0 Å². The van der Waals surface area contributed by atoms with Crippen molar-refractivity contribution in [3.63, 3.8) is 0 Å². The van der Waals surface area contributed by atoms with Crippen LogP contribution in [0.5, 0.6) is 0 Å². The Labute approximate surface area is 187 Å². The Balaban J connectivity index is 2.33. The molecule has 4 nitrogen and oxygen atoms in total. The van der Waals surface area contributed by atoms with Crippen molar-refractivity contribution in [2.45, 2.75) is 52.1 Å². The number of carbonyl (C=O) groups excluding carboxylic acids is 2. The van der Waals surface area contributed by atoms with Crippen LogP contribution in [0, 0.1) is 5.82 Å². The molecule has 162 valence electrons. The van der Waals surface area contributed by atoms with Crippen molar-refractivity contribution in [2.75, 3.05) is 6.54 Å². The van der Waals surface area contributed by atoms with Gasteiger partial charge >= 0.3 is 0 Å². The lowest BCUT2D eigenvalue weighted by Crippen LogP contribution is -2.49. The smallest absolute Gasteiger partial charge is 0.242 e. The summed E-state index contributed by atoms with van der Waals surface area (Å²) >= 11 is 12.6. The predicted molar refractivity (Wildman–Crippen MR) is 119 cm³/mol. The maximum atomic E-state index is 14.1. The van der Waals surface area contributed by atoms with Crippen molar-refractivity contribution < 1.29 is 14.0 Å². The molecular weight excluding hydrogens is 426 g/mol. The van der Waals surface area contributed by atoms with Gasteiger partial charge in [-0.3, -0.25) is 9.59 Å². The Morgan fingerprint density at radius 3 is 2.33 bits per heavy atom. The molecule has 0 saturated heterocycles. The van der Waals surface area contributed by atoms with Crippen molar-refractivity contribution in [3.05, 3.63) is 69.5 Å². The summed E-state index contributed by atoms with van der Waals surface area (Å²) in [6.07, 6.45) is 2.04. The van der Waals surface area contributed by atoms with Crippen molar-refractivity contribution in [1.29, 1.82) is 0 Å². The van der Waals surface area contributed by atoms with Crippen LogP contribution >= 0.6 is 23.2 Å². The number of carbonyl (C=O) groups is 2. The van der Waals surface area contributed by atoms with Gasteiger partial charge in [0.05, 0.1) is 6.42 Å². The summed E-state index contributed by atoms with van der Waals surface area (Å²) in [5.41, 5.74) is 0.835. The van der Waals surface area contributed by atoms with E-state index in [-0.39, 0.29) is 30.3 Å². The van der Waals surface area contributed by atoms with Gasteiger partial charge in [-0.1, -0.05) is 67.7 Å². The third kappa shape index (κ3) is 6.44. The van der Waals surface area contributed by atoms with Crippen molar-refractivity contribution in [1.82, 2.24) is 10.2 Å². The normalized spacial score (nSPS) is 11.8. The van der Waals surface area contributed by atoms with Gasteiger partial charge in [-0.2, -0.15) is 0 Å². The van der Waals surface area contributed by atoms with Gasteiger partial charge in [0.15, 0.2) is 0 Å². The highest BCUT2D eigenvalue weighted by Crippen LogP contribution is 2.27. The molecule has 1 unspecified atom stereocenters. The molecule has 0 fully saturated rings. The third-order valence-electron chi connectivity index (χ3n) is 4.91. The summed E-state index contributed by atoms with van der Waals surface area (Å²) in [5.74, 6) is -1.06. The third-order valence-corrected chi connectivity index (χ3v) is 5.61. The van der Waals surface area contributed by atoms with E-state index in [0.29, 0.717) is 28.6 Å². The Hall–Kier alpha value is -2.11. The maximum Gasteiger partial charge on any atom is 0.242 e. The molecule has 0 saturated carbocycles. The molecule has 0 spiro atoms. The summed E-state index contributed by atoms with van der Waals surface area (Å²) in [5, 5.41) is 3.71. The average molecular weight is 453 g/mol. The molecule has 0 aromatic heterocycles. The molecule has 0 aliphatic rings. The van der Waals surface area contributed by atoms with E-state index < -0.39 is 11.9 Å². The van der Waals surface area contributed by atoms with E-state index in [9.17, 15) is 14.0 Å². The molecule has 2 rings (SSSR count). The van der Waals surface area contributed by atoms with Crippen LogP contribution in [0.4, 0.5) is 4.39 Å². The molecule has 0 heterocycles. The molecule has 2 aromatic rings. The fourth-order valence-electron chi connectivity index (χ4n) is 3.19. The molecule has 1 atom stereocenters. The zero-order valence-corrected chi connectivity index (χ0v) is 18.8. The van der Waals surface area contributed by atoms with Crippen LogP contribution in [0.3, 0.4) is 0 Å². The van der Waals surface area contributed by atoms with Gasteiger partial charge in [0.1, 0.15) is 11.9 Å². The fraction of sp³-hybridized carbons (Fsp3) is 0.391. The average Bonchev–Trinajstić information content (AvgIpc) is 2.71. The molecule has 7 heteroatoms. The van der Waals surface area contributed by atoms with E-state index in [1.807, 2.05) is 13.8 Å². The van der Waals surface area contributed by atoms with Gasteiger partial charge in [-0.15, -0.1) is 0 Å². The zero-order chi connectivity index (χ0) is 22.1. The maximum absolute atomic E-state index is 14.1. The molecule has 30 heavy (non-hydrogen) atoms. The molecule has 0 aliphatic carbocycles. The van der Waals surface area contributed by atoms with E-state index in [1.54, 1.807) is 36.4 Å². The summed E-state index contributed by atoms with van der Waals surface area (Å²) in [6.45, 7) is 4.47. The Morgan fingerprint density at radius 1 is 1.07 bits per heavy atom. The SMILES string of the molecule is CCCCNC(=O)C(CC)N(Cc1c(Cl)cccc1Cl)C(=O)Cc1ccccc1F. The van der Waals surface area contributed by atoms with Gasteiger partial charge < -0.3 is 10.2 Å². The van der Waals surface area contributed by atoms with Crippen LogP contribution in [0.1, 0.15) is 44.2 Å². The molecule has 2 amide bonds. The molecule has 0 bridgehead atoms. The summed E-state index contributed by atoms with van der Waals surface area (Å²) in [6, 6.07) is 10.5. The second kappa shape index (κ2) is 11.9. The zero-order valence-electron chi connectivity index (χ0n) is 17.3. The number of halogens is 3. The van der Waals surface area contributed by atoms with Gasteiger partial charge in [-0.05, 0) is 36.6 Å². The number of nitrogens with zero attached hydrogens (tertiary/aromatic N) is 1. The minimum Gasteiger partial charge on any atom is -0.354 e. The quantitative estimate of drug-likeness (QED) is 0.490. The molecule has 2 aromatic carbocycles. The number of unbranched alkanes of at least 4 members (excludes halogenated alkanes) is 1. The number of rotatable bonds is 10. The fourth-order valence-corrected chi connectivity index (χ4v) is 3.70. The van der Waals surface area contributed by atoms with Gasteiger partial charge in [0.2, 0.25) is 11.8 Å². The van der Waals surface area contributed by atoms with Gasteiger partial charge in [0, 0.05) is 28.7 Å². The van der Waals surface area contributed by atoms with Crippen LogP contribution in [0.15, 0.2) is 42.5 Å². The molecule has 1 N–H and O–H groups in total. The molecular formula is C23H27Cl2FN2O2. The van der Waals surface area contributed by atoms with E-state index in [4.69, 9.17) is 23.2 Å². The highest BCUT2D eigenvalue weighted by Gasteiger charge is 2.30. The predicted octanol–water partition coefficient (Wildman–Crippen LogP) is 5.40. The Bertz CT molecular complexity index is 856. The summed E-state index contributed by atoms with van der Waals surface area (Å²) in [7, 11) is 0.